The molecular weight excluding hydrogens is 254 g/mol. The van der Waals surface area contributed by atoms with Gasteiger partial charge in [-0.05, 0) is 31.6 Å². The van der Waals surface area contributed by atoms with Crippen molar-refractivity contribution in [1.82, 2.24) is 15.5 Å². The molecule has 0 aromatic rings. The molecule has 2 N–H and O–H groups in total. The summed E-state index contributed by atoms with van der Waals surface area (Å²) in [5, 5.41) is 5.54. The molecule has 112 valence electrons. The van der Waals surface area contributed by atoms with Gasteiger partial charge in [0.25, 0.3) is 0 Å². The van der Waals surface area contributed by atoms with E-state index < -0.39 is 0 Å². The molecule has 0 bridgehead atoms. The second kappa shape index (κ2) is 7.92. The molecule has 0 aromatic heterocycles. The second-order valence-electron chi connectivity index (χ2n) is 5.64. The van der Waals surface area contributed by atoms with Gasteiger partial charge in [0.2, 0.25) is 5.91 Å². The molecule has 1 saturated heterocycles. The number of amides is 3. The van der Waals surface area contributed by atoms with Crippen molar-refractivity contribution < 1.29 is 9.59 Å². The first-order valence-electron chi connectivity index (χ1n) is 7.74. The zero-order valence-electron chi connectivity index (χ0n) is 12.1. The highest BCUT2D eigenvalue weighted by Crippen LogP contribution is 2.25. The van der Waals surface area contributed by atoms with E-state index in [9.17, 15) is 9.59 Å². The molecule has 0 spiro atoms. The van der Waals surface area contributed by atoms with E-state index in [4.69, 9.17) is 0 Å². The molecule has 3 amide bonds. The van der Waals surface area contributed by atoms with E-state index in [-0.39, 0.29) is 11.9 Å². The van der Waals surface area contributed by atoms with Gasteiger partial charge in [0.15, 0.2) is 0 Å². The molecule has 20 heavy (non-hydrogen) atoms. The summed E-state index contributed by atoms with van der Waals surface area (Å²) >= 11 is 0. The van der Waals surface area contributed by atoms with E-state index in [0.717, 1.165) is 25.9 Å². The molecule has 5 nitrogen and oxygen atoms in total. The predicted molar refractivity (Wildman–Crippen MR) is 78.1 cm³/mol. The topological polar surface area (TPSA) is 61.4 Å². The van der Waals surface area contributed by atoms with Gasteiger partial charge in [-0.15, -0.1) is 0 Å². The zero-order chi connectivity index (χ0) is 14.2. The highest BCUT2D eigenvalue weighted by atomic mass is 16.2. The third-order valence-electron chi connectivity index (χ3n) is 4.04. The molecule has 1 aliphatic heterocycles. The van der Waals surface area contributed by atoms with Crippen LogP contribution in [0.2, 0.25) is 0 Å². The molecule has 0 unspecified atom stereocenters. The zero-order valence-corrected chi connectivity index (χ0v) is 12.1. The van der Waals surface area contributed by atoms with Crippen LogP contribution >= 0.6 is 0 Å². The molecule has 2 fully saturated rings. The van der Waals surface area contributed by atoms with Crippen LogP contribution in [0.5, 0.6) is 0 Å². The van der Waals surface area contributed by atoms with E-state index in [2.05, 4.69) is 16.7 Å². The SMILES string of the molecule is O=C(N/C=C/C1CCCC1)NCCCN1CCCC1=O. The Balaban J connectivity index is 1.50. The molecule has 0 atom stereocenters. The van der Waals surface area contributed by atoms with Crippen LogP contribution in [-0.4, -0.2) is 36.5 Å². The lowest BCUT2D eigenvalue weighted by atomic mass is 10.1. The Kier molecular flexibility index (Phi) is 5.89. The van der Waals surface area contributed by atoms with Crippen molar-refractivity contribution in [2.24, 2.45) is 5.92 Å². The largest absolute Gasteiger partial charge is 0.343 e. The summed E-state index contributed by atoms with van der Waals surface area (Å²) in [5.41, 5.74) is 0. The second-order valence-corrected chi connectivity index (χ2v) is 5.64. The van der Waals surface area contributed by atoms with Gasteiger partial charge in [-0.1, -0.05) is 18.9 Å². The van der Waals surface area contributed by atoms with Crippen molar-refractivity contribution in [3.8, 4) is 0 Å². The smallest absolute Gasteiger partial charge is 0.318 e. The summed E-state index contributed by atoms with van der Waals surface area (Å²) in [7, 11) is 0. The standard InChI is InChI=1S/C15H25N3O2/c19-14-7-3-11-18(14)12-4-9-16-15(20)17-10-8-13-5-1-2-6-13/h8,10,13H,1-7,9,11-12H2,(H2,16,17,20)/b10-8+. The number of nitrogens with zero attached hydrogens (tertiary/aromatic N) is 1. The van der Waals surface area contributed by atoms with Gasteiger partial charge in [0.05, 0.1) is 0 Å². The van der Waals surface area contributed by atoms with Gasteiger partial charge >= 0.3 is 6.03 Å². The maximum absolute atomic E-state index is 11.5. The molecule has 5 heteroatoms. The monoisotopic (exact) mass is 279 g/mol. The van der Waals surface area contributed by atoms with E-state index in [1.807, 2.05) is 4.90 Å². The Morgan fingerprint density at radius 3 is 2.80 bits per heavy atom. The van der Waals surface area contributed by atoms with Gasteiger partial charge in [0, 0.05) is 32.3 Å². The Hall–Kier alpha value is -1.52. The fraction of sp³-hybridized carbons (Fsp3) is 0.733. The first-order chi connectivity index (χ1) is 9.75. The number of carbonyl (C=O) groups is 2. The summed E-state index contributed by atoms with van der Waals surface area (Å²) in [6.45, 7) is 2.22. The Labute approximate surface area is 120 Å². The van der Waals surface area contributed by atoms with Crippen molar-refractivity contribution in [2.45, 2.75) is 44.9 Å². The number of likely N-dealkylation sites (tertiary alicyclic amines) is 1. The van der Waals surface area contributed by atoms with Crippen molar-refractivity contribution in [3.63, 3.8) is 0 Å². The fourth-order valence-electron chi connectivity index (χ4n) is 2.87. The van der Waals surface area contributed by atoms with Crippen LogP contribution in [0.3, 0.4) is 0 Å². The maximum Gasteiger partial charge on any atom is 0.318 e. The highest BCUT2D eigenvalue weighted by Gasteiger charge is 2.18. The molecule has 1 saturated carbocycles. The summed E-state index contributed by atoms with van der Waals surface area (Å²) in [6, 6.07) is -0.160. The van der Waals surface area contributed by atoms with Crippen LogP contribution in [0.15, 0.2) is 12.3 Å². The molecule has 1 heterocycles. The van der Waals surface area contributed by atoms with Gasteiger partial charge in [0.1, 0.15) is 0 Å². The lowest BCUT2D eigenvalue weighted by Gasteiger charge is -2.15. The Morgan fingerprint density at radius 2 is 2.10 bits per heavy atom. The van der Waals surface area contributed by atoms with Gasteiger partial charge in [-0.3, -0.25) is 4.79 Å². The van der Waals surface area contributed by atoms with E-state index in [0.29, 0.717) is 18.9 Å². The average Bonchev–Trinajstić information content (AvgIpc) is 3.07. The van der Waals surface area contributed by atoms with Crippen LogP contribution in [0, 0.1) is 5.92 Å². The predicted octanol–water partition coefficient (Wildman–Crippen LogP) is 2.00. The van der Waals surface area contributed by atoms with E-state index in [1.165, 1.54) is 25.7 Å². The quantitative estimate of drug-likeness (QED) is 0.731. The van der Waals surface area contributed by atoms with Gasteiger partial charge in [-0.2, -0.15) is 0 Å². The van der Waals surface area contributed by atoms with Crippen molar-refractivity contribution in [3.05, 3.63) is 12.3 Å². The fourth-order valence-corrected chi connectivity index (χ4v) is 2.87. The summed E-state index contributed by atoms with van der Waals surface area (Å²) < 4.78 is 0. The minimum Gasteiger partial charge on any atom is -0.343 e. The molecule has 1 aliphatic carbocycles. The number of hydrogen-bond donors (Lipinski definition) is 2. The minimum absolute atomic E-state index is 0.160. The lowest BCUT2D eigenvalue weighted by molar-refractivity contribution is -0.127. The first-order valence-corrected chi connectivity index (χ1v) is 7.74. The summed E-state index contributed by atoms with van der Waals surface area (Å²) in [6.07, 6.45) is 11.4. The number of allylic oxidation sites excluding steroid dienone is 1. The molecular formula is C15H25N3O2. The number of rotatable bonds is 6. The van der Waals surface area contributed by atoms with Gasteiger partial charge < -0.3 is 15.5 Å². The molecule has 0 aromatic carbocycles. The molecule has 2 aliphatic rings. The lowest BCUT2D eigenvalue weighted by Crippen LogP contribution is -2.35. The molecule has 0 radical (unpaired) electrons. The van der Waals surface area contributed by atoms with E-state index in [1.54, 1.807) is 6.20 Å². The third-order valence-corrected chi connectivity index (χ3v) is 4.04. The van der Waals surface area contributed by atoms with Crippen molar-refractivity contribution >= 4 is 11.9 Å². The van der Waals surface area contributed by atoms with Crippen LogP contribution in [0.4, 0.5) is 4.79 Å². The number of urea groups is 1. The van der Waals surface area contributed by atoms with Crippen molar-refractivity contribution in [1.29, 1.82) is 0 Å². The Bertz CT molecular complexity index is 362. The normalized spacial score (nSPS) is 20.0. The highest BCUT2D eigenvalue weighted by molar-refractivity contribution is 5.78. The minimum atomic E-state index is -0.160. The van der Waals surface area contributed by atoms with Crippen LogP contribution in [-0.2, 0) is 4.79 Å². The number of hydrogen-bond acceptors (Lipinski definition) is 2. The van der Waals surface area contributed by atoms with Crippen LogP contribution in [0.1, 0.15) is 44.9 Å². The first kappa shape index (κ1) is 14.9. The molecule has 2 rings (SSSR count). The Morgan fingerprint density at radius 1 is 1.30 bits per heavy atom. The third kappa shape index (κ3) is 4.87. The van der Waals surface area contributed by atoms with E-state index >= 15 is 0 Å². The summed E-state index contributed by atoms with van der Waals surface area (Å²) in [5.74, 6) is 0.880. The maximum atomic E-state index is 11.5. The number of nitrogens with one attached hydrogen (secondary N) is 2. The van der Waals surface area contributed by atoms with Crippen LogP contribution in [0.25, 0.3) is 0 Å². The van der Waals surface area contributed by atoms with Gasteiger partial charge in [-0.25, -0.2) is 4.79 Å². The number of carbonyl (C=O) groups excluding carboxylic acids is 2. The van der Waals surface area contributed by atoms with Crippen LogP contribution < -0.4 is 10.6 Å². The summed E-state index contributed by atoms with van der Waals surface area (Å²) in [4.78, 5) is 24.8. The average molecular weight is 279 g/mol. The van der Waals surface area contributed by atoms with Crippen molar-refractivity contribution in [2.75, 3.05) is 19.6 Å².